The molecule has 17 heavy (non-hydrogen) atoms. The van der Waals surface area contributed by atoms with Crippen LogP contribution in [0.2, 0.25) is 0 Å². The van der Waals surface area contributed by atoms with E-state index in [1.165, 1.54) is 26.5 Å². The van der Waals surface area contributed by atoms with E-state index in [4.69, 9.17) is 0 Å². The summed E-state index contributed by atoms with van der Waals surface area (Å²) in [4.78, 5) is 14.4. The minimum absolute atomic E-state index is 0.215. The first-order chi connectivity index (χ1) is 8.29. The summed E-state index contributed by atoms with van der Waals surface area (Å²) in [5.41, 5.74) is 2.50. The first-order valence-electron chi connectivity index (χ1n) is 6.01. The van der Waals surface area contributed by atoms with Crippen molar-refractivity contribution in [1.82, 2.24) is 4.98 Å². The molecule has 0 bridgehead atoms. The van der Waals surface area contributed by atoms with E-state index in [1.54, 1.807) is 0 Å². The zero-order chi connectivity index (χ0) is 11.8. The van der Waals surface area contributed by atoms with Crippen LogP contribution in [0.3, 0.4) is 0 Å². The van der Waals surface area contributed by atoms with Crippen LogP contribution in [0, 0.1) is 9.49 Å². The molecule has 0 amide bonds. The average molecular weight is 339 g/mol. The van der Waals surface area contributed by atoms with E-state index in [9.17, 15) is 4.79 Å². The Morgan fingerprint density at radius 3 is 3.06 bits per heavy atom. The molecule has 1 fully saturated rings. The molecule has 0 aliphatic heterocycles. The standard InChI is InChI=1S/C14H14INO/c15-10-4-5-14-12(6-10)13(7-16-14)11-3-1-2-9(11)8-17/h4-9,11,16H,1-3H2/t9-,11+/m0/s1. The Morgan fingerprint density at radius 1 is 1.35 bits per heavy atom. The maximum absolute atomic E-state index is 11.1. The van der Waals surface area contributed by atoms with Gasteiger partial charge in [0.25, 0.3) is 0 Å². The third kappa shape index (κ3) is 1.90. The fourth-order valence-electron chi connectivity index (χ4n) is 2.96. The summed E-state index contributed by atoms with van der Waals surface area (Å²) in [5.74, 6) is 0.631. The van der Waals surface area contributed by atoms with Gasteiger partial charge in [-0.3, -0.25) is 0 Å². The molecule has 1 aliphatic carbocycles. The van der Waals surface area contributed by atoms with Crippen molar-refractivity contribution in [3.8, 4) is 0 Å². The van der Waals surface area contributed by atoms with Crippen molar-refractivity contribution in [2.45, 2.75) is 25.2 Å². The van der Waals surface area contributed by atoms with Gasteiger partial charge in [0.1, 0.15) is 6.29 Å². The number of hydrogen-bond acceptors (Lipinski definition) is 1. The molecule has 2 atom stereocenters. The van der Waals surface area contributed by atoms with Crippen molar-refractivity contribution >= 4 is 39.8 Å². The van der Waals surface area contributed by atoms with Crippen molar-refractivity contribution in [2.24, 2.45) is 5.92 Å². The van der Waals surface area contributed by atoms with Gasteiger partial charge in [-0.2, -0.15) is 0 Å². The Balaban J connectivity index is 2.10. The highest BCUT2D eigenvalue weighted by atomic mass is 127. The van der Waals surface area contributed by atoms with Crippen molar-refractivity contribution < 1.29 is 4.79 Å². The second kappa shape index (κ2) is 4.44. The van der Waals surface area contributed by atoms with Crippen LogP contribution in [0.5, 0.6) is 0 Å². The second-order valence-electron chi connectivity index (χ2n) is 4.77. The van der Waals surface area contributed by atoms with Crippen molar-refractivity contribution in [3.05, 3.63) is 33.5 Å². The maximum Gasteiger partial charge on any atom is 0.123 e. The third-order valence-electron chi connectivity index (χ3n) is 3.82. The number of aromatic nitrogens is 1. The number of fused-ring (bicyclic) bond motifs is 1. The lowest BCUT2D eigenvalue weighted by Crippen LogP contribution is -2.06. The van der Waals surface area contributed by atoms with Crippen molar-refractivity contribution in [3.63, 3.8) is 0 Å². The molecule has 1 aromatic carbocycles. The highest BCUT2D eigenvalue weighted by Crippen LogP contribution is 2.41. The molecule has 3 heteroatoms. The molecule has 0 unspecified atom stereocenters. The van der Waals surface area contributed by atoms with Crippen LogP contribution in [0.1, 0.15) is 30.7 Å². The van der Waals surface area contributed by atoms with E-state index in [0.29, 0.717) is 5.92 Å². The van der Waals surface area contributed by atoms with Crippen LogP contribution in [0.4, 0.5) is 0 Å². The van der Waals surface area contributed by atoms with Gasteiger partial charge in [0.15, 0.2) is 0 Å². The molecular weight excluding hydrogens is 325 g/mol. The van der Waals surface area contributed by atoms with Crippen LogP contribution < -0.4 is 0 Å². The van der Waals surface area contributed by atoms with Gasteiger partial charge >= 0.3 is 0 Å². The van der Waals surface area contributed by atoms with Gasteiger partial charge in [-0.25, -0.2) is 0 Å². The normalized spacial score (nSPS) is 24.3. The lowest BCUT2D eigenvalue weighted by molar-refractivity contribution is -0.111. The Bertz CT molecular complexity index is 560. The number of rotatable bonds is 2. The summed E-state index contributed by atoms with van der Waals surface area (Å²) in [6.07, 6.45) is 6.59. The Hall–Kier alpha value is -0.840. The number of aldehydes is 1. The number of nitrogens with one attached hydrogen (secondary N) is 1. The van der Waals surface area contributed by atoms with Gasteiger partial charge in [-0.05, 0) is 65.1 Å². The number of H-pyrrole nitrogens is 1. The number of halogens is 1. The van der Waals surface area contributed by atoms with Crippen molar-refractivity contribution in [1.29, 1.82) is 0 Å². The average Bonchev–Trinajstić information content (AvgIpc) is 2.93. The molecule has 1 aliphatic rings. The lowest BCUT2D eigenvalue weighted by atomic mass is 9.90. The van der Waals surface area contributed by atoms with Gasteiger partial charge in [-0.15, -0.1) is 0 Å². The van der Waals surface area contributed by atoms with Gasteiger partial charge in [0.05, 0.1) is 0 Å². The lowest BCUT2D eigenvalue weighted by Gasteiger charge is -2.13. The summed E-state index contributed by atoms with van der Waals surface area (Å²) in [7, 11) is 0. The van der Waals surface area contributed by atoms with E-state index >= 15 is 0 Å². The molecule has 0 spiro atoms. The summed E-state index contributed by atoms with van der Waals surface area (Å²) >= 11 is 2.34. The minimum atomic E-state index is 0.215. The summed E-state index contributed by atoms with van der Waals surface area (Å²) in [6, 6.07) is 6.43. The zero-order valence-corrected chi connectivity index (χ0v) is 11.6. The zero-order valence-electron chi connectivity index (χ0n) is 9.45. The van der Waals surface area contributed by atoms with Crippen LogP contribution >= 0.6 is 22.6 Å². The first-order valence-corrected chi connectivity index (χ1v) is 7.09. The molecule has 88 valence electrons. The number of hydrogen-bond donors (Lipinski definition) is 1. The number of aromatic amines is 1. The van der Waals surface area contributed by atoms with E-state index in [1.807, 2.05) is 0 Å². The fourth-order valence-corrected chi connectivity index (χ4v) is 3.45. The van der Waals surface area contributed by atoms with Gasteiger partial charge < -0.3 is 9.78 Å². The second-order valence-corrected chi connectivity index (χ2v) is 6.02. The number of benzene rings is 1. The summed E-state index contributed by atoms with van der Waals surface area (Å²) < 4.78 is 1.25. The SMILES string of the molecule is O=C[C@@H]1CCC[C@H]1c1c[nH]c2ccc(I)cc12. The first kappa shape index (κ1) is 11.3. The number of carbonyl (C=O) groups is 1. The highest BCUT2D eigenvalue weighted by Gasteiger charge is 2.29. The van der Waals surface area contributed by atoms with Gasteiger partial charge in [-0.1, -0.05) is 6.42 Å². The van der Waals surface area contributed by atoms with E-state index < -0.39 is 0 Å². The molecule has 1 saturated carbocycles. The topological polar surface area (TPSA) is 32.9 Å². The predicted octanol–water partition coefficient (Wildman–Crippen LogP) is 3.86. The quantitative estimate of drug-likeness (QED) is 0.654. The fraction of sp³-hybridized carbons (Fsp3) is 0.357. The smallest absolute Gasteiger partial charge is 0.123 e. The Kier molecular flexibility index (Phi) is 2.94. The molecule has 0 saturated heterocycles. The summed E-state index contributed by atoms with van der Waals surface area (Å²) in [6.45, 7) is 0. The molecule has 2 nitrogen and oxygen atoms in total. The highest BCUT2D eigenvalue weighted by molar-refractivity contribution is 14.1. The summed E-state index contributed by atoms with van der Waals surface area (Å²) in [5, 5.41) is 1.29. The van der Waals surface area contributed by atoms with Crippen LogP contribution in [-0.2, 0) is 4.79 Å². The third-order valence-corrected chi connectivity index (χ3v) is 4.49. The van der Waals surface area contributed by atoms with Crippen LogP contribution in [-0.4, -0.2) is 11.3 Å². The van der Waals surface area contributed by atoms with E-state index in [2.05, 4.69) is 52.0 Å². The van der Waals surface area contributed by atoms with E-state index in [0.717, 1.165) is 19.1 Å². The molecule has 0 radical (unpaired) electrons. The van der Waals surface area contributed by atoms with Crippen molar-refractivity contribution in [2.75, 3.05) is 0 Å². The van der Waals surface area contributed by atoms with Crippen LogP contribution in [0.25, 0.3) is 10.9 Å². The van der Waals surface area contributed by atoms with E-state index in [-0.39, 0.29) is 5.92 Å². The molecule has 1 heterocycles. The molecular formula is C14H14INO. The molecule has 1 aromatic heterocycles. The monoisotopic (exact) mass is 339 g/mol. The predicted molar refractivity (Wildman–Crippen MR) is 77.2 cm³/mol. The molecule has 1 N–H and O–H groups in total. The van der Waals surface area contributed by atoms with Gasteiger partial charge in [0, 0.05) is 26.6 Å². The minimum Gasteiger partial charge on any atom is -0.361 e. The van der Waals surface area contributed by atoms with Crippen LogP contribution in [0.15, 0.2) is 24.4 Å². The molecule has 3 rings (SSSR count). The Labute approximate surface area is 114 Å². The molecule has 2 aromatic rings. The number of carbonyl (C=O) groups excluding carboxylic acids is 1. The van der Waals surface area contributed by atoms with Gasteiger partial charge in [0.2, 0.25) is 0 Å². The largest absolute Gasteiger partial charge is 0.361 e. The maximum atomic E-state index is 11.1. The Morgan fingerprint density at radius 2 is 2.24 bits per heavy atom.